The number of aromatic hydroxyl groups is 2. The summed E-state index contributed by atoms with van der Waals surface area (Å²) in [5, 5.41) is 26.2. The third kappa shape index (κ3) is 2.04. The van der Waals surface area contributed by atoms with E-state index in [4.69, 9.17) is 15.3 Å². The van der Waals surface area contributed by atoms with E-state index in [0.717, 1.165) is 0 Å². The van der Waals surface area contributed by atoms with Crippen LogP contribution in [0.5, 0.6) is 11.5 Å². The zero-order valence-corrected chi connectivity index (χ0v) is 8.84. The molecule has 12 heavy (non-hydrogen) atoms. The Morgan fingerprint density at radius 3 is 2.25 bits per heavy atom. The van der Waals surface area contributed by atoms with Crippen LogP contribution < -0.4 is 0 Å². The number of hydrogen-bond donors (Lipinski definition) is 3. The van der Waals surface area contributed by atoms with Crippen LogP contribution in [0.1, 0.15) is 10.4 Å². The number of phenolic OH excluding ortho intramolecular Hbond substituents is 1. The summed E-state index contributed by atoms with van der Waals surface area (Å²) in [5.41, 5.74) is -0.301. The minimum Gasteiger partial charge on any atom is -0.504 e. The van der Waals surface area contributed by atoms with E-state index in [1.807, 2.05) is 0 Å². The Bertz CT molecular complexity index is 297. The molecule has 1 aromatic rings. The van der Waals surface area contributed by atoms with Crippen molar-refractivity contribution in [1.29, 1.82) is 0 Å². The van der Waals surface area contributed by atoms with Crippen LogP contribution in [-0.2, 0) is 0 Å². The molecule has 4 nitrogen and oxygen atoms in total. The van der Waals surface area contributed by atoms with Crippen LogP contribution in [0.15, 0.2) is 18.2 Å². The first-order chi connectivity index (χ1) is 5.13. The van der Waals surface area contributed by atoms with Gasteiger partial charge in [-0.05, 0) is 12.1 Å². The summed E-state index contributed by atoms with van der Waals surface area (Å²) in [6.07, 6.45) is 0. The average molecular weight is 273 g/mol. The predicted octanol–water partition coefficient (Wildman–Crippen LogP) is 0.415. The SMILES string of the molecule is O=C(O)c1cccc(O)c1O.[Sn]. The molecule has 0 saturated heterocycles. The molecule has 0 saturated carbocycles. The number of rotatable bonds is 1. The molecule has 0 unspecified atom stereocenters. The van der Waals surface area contributed by atoms with Crippen molar-refractivity contribution in [3.05, 3.63) is 23.8 Å². The molecule has 0 fully saturated rings. The van der Waals surface area contributed by atoms with E-state index in [9.17, 15) is 4.79 Å². The van der Waals surface area contributed by atoms with E-state index in [-0.39, 0.29) is 29.5 Å². The summed E-state index contributed by atoms with van der Waals surface area (Å²) in [7, 11) is 0. The van der Waals surface area contributed by atoms with Crippen LogP contribution in [-0.4, -0.2) is 45.2 Å². The van der Waals surface area contributed by atoms with Gasteiger partial charge in [0.1, 0.15) is 5.56 Å². The summed E-state index contributed by atoms with van der Waals surface area (Å²) in [4.78, 5) is 10.3. The number of hydrogen-bond acceptors (Lipinski definition) is 3. The van der Waals surface area contributed by atoms with Gasteiger partial charge < -0.3 is 15.3 Å². The number of carbonyl (C=O) groups is 1. The minimum atomic E-state index is -1.27. The Balaban J connectivity index is 0.00000121. The molecule has 0 aliphatic heterocycles. The summed E-state index contributed by atoms with van der Waals surface area (Å²) in [6, 6.07) is 3.76. The van der Waals surface area contributed by atoms with Gasteiger partial charge in [0, 0.05) is 23.9 Å². The van der Waals surface area contributed by atoms with Crippen molar-refractivity contribution in [2.24, 2.45) is 0 Å². The van der Waals surface area contributed by atoms with Crippen molar-refractivity contribution in [3.8, 4) is 11.5 Å². The number of aromatic carboxylic acids is 1. The number of carboxylic acids is 1. The van der Waals surface area contributed by atoms with Crippen molar-refractivity contribution >= 4 is 29.9 Å². The molecule has 0 atom stereocenters. The summed E-state index contributed by atoms with van der Waals surface area (Å²) in [6.45, 7) is 0. The average Bonchev–Trinajstić information content (AvgIpc) is 1.94. The van der Waals surface area contributed by atoms with E-state index in [2.05, 4.69) is 0 Å². The number of benzene rings is 1. The Hall–Kier alpha value is -0.911. The monoisotopic (exact) mass is 274 g/mol. The molecule has 0 aromatic heterocycles. The van der Waals surface area contributed by atoms with Gasteiger partial charge in [-0.2, -0.15) is 0 Å². The van der Waals surface area contributed by atoms with Crippen LogP contribution in [0, 0.1) is 0 Å². The summed E-state index contributed by atoms with van der Waals surface area (Å²) in [5.74, 6) is -2.29. The van der Waals surface area contributed by atoms with Crippen molar-refractivity contribution in [2.75, 3.05) is 0 Å². The molecular formula is C7H6O4Sn. The van der Waals surface area contributed by atoms with Gasteiger partial charge in [0.15, 0.2) is 11.5 Å². The first kappa shape index (κ1) is 11.1. The second-order valence-electron chi connectivity index (χ2n) is 1.98. The largest absolute Gasteiger partial charge is 0.504 e. The van der Waals surface area contributed by atoms with Gasteiger partial charge in [0.2, 0.25) is 0 Å². The van der Waals surface area contributed by atoms with E-state index in [1.165, 1.54) is 18.2 Å². The van der Waals surface area contributed by atoms with Gasteiger partial charge in [0.25, 0.3) is 0 Å². The Morgan fingerprint density at radius 1 is 1.25 bits per heavy atom. The molecule has 4 radical (unpaired) electrons. The smallest absolute Gasteiger partial charge is 0.339 e. The van der Waals surface area contributed by atoms with E-state index >= 15 is 0 Å². The van der Waals surface area contributed by atoms with Crippen LogP contribution in [0.2, 0.25) is 0 Å². The van der Waals surface area contributed by atoms with Crippen molar-refractivity contribution < 1.29 is 20.1 Å². The molecule has 5 heteroatoms. The molecule has 0 spiro atoms. The summed E-state index contributed by atoms with van der Waals surface area (Å²) < 4.78 is 0. The molecule has 1 rings (SSSR count). The molecule has 3 N–H and O–H groups in total. The molecule has 0 bridgehead atoms. The Morgan fingerprint density at radius 2 is 1.83 bits per heavy atom. The van der Waals surface area contributed by atoms with E-state index in [0.29, 0.717) is 0 Å². The Kier molecular flexibility index (Phi) is 3.88. The second kappa shape index (κ2) is 4.20. The van der Waals surface area contributed by atoms with Crippen molar-refractivity contribution in [2.45, 2.75) is 0 Å². The number of carboxylic acid groups (broad SMARTS) is 1. The fraction of sp³-hybridized carbons (Fsp3) is 0. The third-order valence-electron chi connectivity index (χ3n) is 1.25. The van der Waals surface area contributed by atoms with Crippen molar-refractivity contribution in [3.63, 3.8) is 0 Å². The standard InChI is InChI=1S/C7H6O4.Sn/c8-5-3-1-2-4(6(5)9)7(10)11;/h1-3,8-9H,(H,10,11);. The van der Waals surface area contributed by atoms with E-state index < -0.39 is 17.5 Å². The molecule has 0 heterocycles. The predicted molar refractivity (Wildman–Crippen MR) is 42.5 cm³/mol. The molecule has 0 amide bonds. The molecular weight excluding hydrogens is 267 g/mol. The molecule has 1 aromatic carbocycles. The normalized spacial score (nSPS) is 8.67. The Labute approximate surface area is 85.4 Å². The fourth-order valence-electron chi connectivity index (χ4n) is 0.704. The maximum absolute atomic E-state index is 10.3. The van der Waals surface area contributed by atoms with Crippen LogP contribution in [0.25, 0.3) is 0 Å². The number of phenols is 2. The maximum atomic E-state index is 10.3. The second-order valence-corrected chi connectivity index (χ2v) is 1.98. The maximum Gasteiger partial charge on any atom is 0.339 e. The topological polar surface area (TPSA) is 77.8 Å². The number of para-hydroxylation sites is 1. The minimum absolute atomic E-state index is 0. The van der Waals surface area contributed by atoms with Gasteiger partial charge in [-0.15, -0.1) is 0 Å². The van der Waals surface area contributed by atoms with Gasteiger partial charge in [-0.1, -0.05) is 6.07 Å². The molecule has 0 aliphatic carbocycles. The first-order valence-electron chi connectivity index (χ1n) is 2.87. The van der Waals surface area contributed by atoms with Gasteiger partial charge in [-0.25, -0.2) is 4.79 Å². The first-order valence-corrected chi connectivity index (χ1v) is 2.87. The van der Waals surface area contributed by atoms with E-state index in [1.54, 1.807) is 0 Å². The molecule has 0 aliphatic rings. The fourth-order valence-corrected chi connectivity index (χ4v) is 0.704. The van der Waals surface area contributed by atoms with Crippen LogP contribution >= 0.6 is 0 Å². The zero-order valence-electron chi connectivity index (χ0n) is 5.98. The van der Waals surface area contributed by atoms with Gasteiger partial charge in [0.05, 0.1) is 0 Å². The summed E-state index contributed by atoms with van der Waals surface area (Å²) >= 11 is 0. The molecule has 62 valence electrons. The van der Waals surface area contributed by atoms with Gasteiger partial charge >= 0.3 is 5.97 Å². The zero-order chi connectivity index (χ0) is 8.43. The van der Waals surface area contributed by atoms with Gasteiger partial charge in [-0.3, -0.25) is 0 Å². The quantitative estimate of drug-likeness (QED) is 0.511. The van der Waals surface area contributed by atoms with Crippen LogP contribution in [0.3, 0.4) is 0 Å². The van der Waals surface area contributed by atoms with Crippen LogP contribution in [0.4, 0.5) is 0 Å². The third-order valence-corrected chi connectivity index (χ3v) is 1.25. The van der Waals surface area contributed by atoms with Crippen molar-refractivity contribution in [1.82, 2.24) is 0 Å².